The maximum atomic E-state index is 3.71. The predicted octanol–water partition coefficient (Wildman–Crippen LogP) is 6.16. The fourth-order valence-corrected chi connectivity index (χ4v) is 1.02. The minimum absolute atomic E-state index is 0.949. The standard InChI is InChI=1S/C7H12.C7H16.C2H4/c1-4-5-6-7(2)3;1-4-6-7(3)5-2;1-2/h5-6H,2,4H2,1,3H3;7H,4-6H2,1-3H3;1-2H2/b6-5+;;. The van der Waals surface area contributed by atoms with Gasteiger partial charge in [-0.1, -0.05) is 71.3 Å². The van der Waals surface area contributed by atoms with Crippen molar-refractivity contribution in [2.45, 2.75) is 60.3 Å². The Morgan fingerprint density at radius 3 is 1.81 bits per heavy atom. The molecule has 1 unspecified atom stereocenters. The van der Waals surface area contributed by atoms with Gasteiger partial charge >= 0.3 is 0 Å². The third-order valence-electron chi connectivity index (χ3n) is 2.12. The van der Waals surface area contributed by atoms with Crippen LogP contribution in [0.5, 0.6) is 0 Å². The van der Waals surface area contributed by atoms with Crippen molar-refractivity contribution < 1.29 is 0 Å². The van der Waals surface area contributed by atoms with E-state index in [1.807, 2.05) is 13.0 Å². The molecule has 0 amide bonds. The zero-order chi connectivity index (χ0) is 13.4. The highest BCUT2D eigenvalue weighted by Crippen LogP contribution is 2.07. The van der Waals surface area contributed by atoms with Gasteiger partial charge in [-0.3, -0.25) is 0 Å². The topological polar surface area (TPSA) is 0 Å². The molecular formula is C16H32. The van der Waals surface area contributed by atoms with Crippen molar-refractivity contribution in [2.75, 3.05) is 0 Å². The summed E-state index contributed by atoms with van der Waals surface area (Å²) in [7, 11) is 0. The summed E-state index contributed by atoms with van der Waals surface area (Å²) >= 11 is 0. The van der Waals surface area contributed by atoms with E-state index in [0.717, 1.165) is 17.9 Å². The van der Waals surface area contributed by atoms with Gasteiger partial charge in [0, 0.05) is 0 Å². The molecule has 0 spiro atoms. The zero-order valence-corrected chi connectivity index (χ0v) is 12.2. The molecule has 0 aliphatic rings. The van der Waals surface area contributed by atoms with Crippen LogP contribution in [0.1, 0.15) is 60.3 Å². The van der Waals surface area contributed by atoms with Gasteiger partial charge < -0.3 is 0 Å². The van der Waals surface area contributed by atoms with Crippen LogP contribution >= 0.6 is 0 Å². The van der Waals surface area contributed by atoms with Gasteiger partial charge in [0.25, 0.3) is 0 Å². The lowest BCUT2D eigenvalue weighted by Crippen LogP contribution is -1.88. The monoisotopic (exact) mass is 224 g/mol. The molecule has 0 aliphatic heterocycles. The average Bonchev–Trinajstić information content (AvgIpc) is 2.30. The molecule has 0 aromatic heterocycles. The van der Waals surface area contributed by atoms with E-state index >= 15 is 0 Å². The van der Waals surface area contributed by atoms with Gasteiger partial charge in [-0.25, -0.2) is 0 Å². The predicted molar refractivity (Wildman–Crippen MR) is 79.9 cm³/mol. The van der Waals surface area contributed by atoms with Crippen molar-refractivity contribution in [2.24, 2.45) is 5.92 Å². The molecule has 0 heterocycles. The van der Waals surface area contributed by atoms with Crippen LogP contribution in [-0.2, 0) is 0 Å². The molecule has 96 valence electrons. The maximum absolute atomic E-state index is 3.71. The smallest absolute Gasteiger partial charge is 0.0376 e. The lowest BCUT2D eigenvalue weighted by molar-refractivity contribution is 0.509. The number of allylic oxidation sites excluding steroid dienone is 3. The first-order valence-corrected chi connectivity index (χ1v) is 6.40. The van der Waals surface area contributed by atoms with Crippen LogP contribution in [0.2, 0.25) is 0 Å². The summed E-state index contributed by atoms with van der Waals surface area (Å²) in [6, 6.07) is 0. The van der Waals surface area contributed by atoms with E-state index in [2.05, 4.69) is 53.5 Å². The molecule has 0 rings (SSSR count). The Bertz CT molecular complexity index is 153. The van der Waals surface area contributed by atoms with E-state index in [4.69, 9.17) is 0 Å². The van der Waals surface area contributed by atoms with Crippen LogP contribution in [0.15, 0.2) is 37.5 Å². The second kappa shape index (κ2) is 19.7. The van der Waals surface area contributed by atoms with Crippen LogP contribution in [0.25, 0.3) is 0 Å². The summed E-state index contributed by atoms with van der Waals surface area (Å²) in [4.78, 5) is 0. The van der Waals surface area contributed by atoms with E-state index in [1.54, 1.807) is 0 Å². The highest BCUT2D eigenvalue weighted by Gasteiger charge is 1.92. The molecule has 0 saturated carbocycles. The van der Waals surface area contributed by atoms with E-state index < -0.39 is 0 Å². The van der Waals surface area contributed by atoms with Crippen LogP contribution in [0.4, 0.5) is 0 Å². The first-order valence-electron chi connectivity index (χ1n) is 6.40. The molecule has 0 bridgehead atoms. The van der Waals surface area contributed by atoms with Gasteiger partial charge in [-0.15, -0.1) is 13.2 Å². The van der Waals surface area contributed by atoms with Gasteiger partial charge in [0.15, 0.2) is 0 Å². The van der Waals surface area contributed by atoms with Crippen LogP contribution in [-0.4, -0.2) is 0 Å². The van der Waals surface area contributed by atoms with Gasteiger partial charge in [-0.2, -0.15) is 0 Å². The molecule has 0 aromatic carbocycles. The number of hydrogen-bond donors (Lipinski definition) is 0. The van der Waals surface area contributed by atoms with E-state index in [0.29, 0.717) is 0 Å². The van der Waals surface area contributed by atoms with Crippen molar-refractivity contribution in [1.29, 1.82) is 0 Å². The first-order chi connectivity index (χ1) is 7.58. The Morgan fingerprint density at radius 1 is 1.19 bits per heavy atom. The molecule has 16 heavy (non-hydrogen) atoms. The van der Waals surface area contributed by atoms with E-state index in [9.17, 15) is 0 Å². The molecule has 0 fully saturated rings. The summed E-state index contributed by atoms with van der Waals surface area (Å²) in [5.41, 5.74) is 1.13. The molecule has 0 saturated heterocycles. The summed E-state index contributed by atoms with van der Waals surface area (Å²) in [5.74, 6) is 0.949. The van der Waals surface area contributed by atoms with Gasteiger partial charge in [-0.05, 0) is 19.3 Å². The van der Waals surface area contributed by atoms with Crippen LogP contribution in [0, 0.1) is 5.92 Å². The quantitative estimate of drug-likeness (QED) is 0.387. The Hall–Kier alpha value is -0.780. The first kappa shape index (κ1) is 20.6. The lowest BCUT2D eigenvalue weighted by Gasteiger charge is -2.02. The summed E-state index contributed by atoms with van der Waals surface area (Å²) in [6.45, 7) is 20.6. The largest absolute Gasteiger partial charge is 0.106 e. The van der Waals surface area contributed by atoms with E-state index in [-0.39, 0.29) is 0 Å². The SMILES string of the molecule is C=C.C=C(C)/C=C/CC.CCCC(C)CC. The van der Waals surface area contributed by atoms with Gasteiger partial charge in [0.1, 0.15) is 0 Å². The molecular weight excluding hydrogens is 192 g/mol. The normalized spacial score (nSPS) is 10.8. The maximum Gasteiger partial charge on any atom is -0.0376 e. The molecule has 0 N–H and O–H groups in total. The molecule has 0 radical (unpaired) electrons. The number of hydrogen-bond acceptors (Lipinski definition) is 0. The minimum atomic E-state index is 0.949. The van der Waals surface area contributed by atoms with Gasteiger partial charge in [0.05, 0.1) is 0 Å². The molecule has 0 nitrogen and oxygen atoms in total. The fourth-order valence-electron chi connectivity index (χ4n) is 1.02. The summed E-state index contributed by atoms with van der Waals surface area (Å²) in [6.07, 6.45) is 9.31. The van der Waals surface area contributed by atoms with Crippen molar-refractivity contribution in [3.05, 3.63) is 37.5 Å². The van der Waals surface area contributed by atoms with Crippen molar-refractivity contribution in [3.8, 4) is 0 Å². The average molecular weight is 224 g/mol. The lowest BCUT2D eigenvalue weighted by atomic mass is 10.0. The highest BCUT2D eigenvalue weighted by molar-refractivity contribution is 5.10. The summed E-state index contributed by atoms with van der Waals surface area (Å²) < 4.78 is 0. The molecule has 0 aromatic rings. The number of rotatable bonds is 5. The minimum Gasteiger partial charge on any atom is -0.106 e. The van der Waals surface area contributed by atoms with Crippen LogP contribution < -0.4 is 0 Å². The van der Waals surface area contributed by atoms with Crippen LogP contribution in [0.3, 0.4) is 0 Å². The van der Waals surface area contributed by atoms with Crippen molar-refractivity contribution >= 4 is 0 Å². The van der Waals surface area contributed by atoms with E-state index in [1.165, 1.54) is 19.3 Å². The molecule has 0 aliphatic carbocycles. The zero-order valence-electron chi connectivity index (χ0n) is 12.2. The van der Waals surface area contributed by atoms with Crippen molar-refractivity contribution in [1.82, 2.24) is 0 Å². The highest BCUT2D eigenvalue weighted by atomic mass is 14.0. The Labute approximate surface area is 104 Å². The molecule has 1 atom stereocenters. The Kier molecular flexibility index (Phi) is 25.4. The Balaban J connectivity index is -0.000000183. The summed E-state index contributed by atoms with van der Waals surface area (Å²) in [5, 5.41) is 0. The third kappa shape index (κ3) is 29.2. The van der Waals surface area contributed by atoms with Gasteiger partial charge in [0.2, 0.25) is 0 Å². The fraction of sp³-hybridized carbons (Fsp3) is 0.625. The second-order valence-electron chi connectivity index (χ2n) is 3.96. The second-order valence-corrected chi connectivity index (χ2v) is 3.96. The molecule has 0 heteroatoms. The third-order valence-corrected chi connectivity index (χ3v) is 2.12. The Morgan fingerprint density at radius 2 is 1.69 bits per heavy atom. The van der Waals surface area contributed by atoms with Crippen molar-refractivity contribution in [3.63, 3.8) is 0 Å².